The second kappa shape index (κ2) is 4.58. The van der Waals surface area contributed by atoms with Crippen LogP contribution in [0.4, 0.5) is 0 Å². The molecule has 16 heavy (non-hydrogen) atoms. The highest BCUT2D eigenvalue weighted by Crippen LogP contribution is 2.24. The van der Waals surface area contributed by atoms with Gasteiger partial charge in [-0.3, -0.25) is 0 Å². The van der Waals surface area contributed by atoms with E-state index in [1.807, 2.05) is 41.6 Å². The maximum absolute atomic E-state index is 5.94. The first kappa shape index (κ1) is 11.7. The number of benzene rings is 1. The number of hydrogen-bond donors (Lipinski definition) is 0. The molecular formula is C10H9ClIN3O. The van der Waals surface area contributed by atoms with Gasteiger partial charge in [0.15, 0.2) is 0 Å². The Labute approximate surface area is 112 Å². The third kappa shape index (κ3) is 2.65. The third-order valence-corrected chi connectivity index (χ3v) is 2.60. The molecule has 0 bridgehead atoms. The fourth-order valence-electron chi connectivity index (χ4n) is 1.30. The van der Waals surface area contributed by atoms with E-state index in [1.54, 1.807) is 17.8 Å². The van der Waals surface area contributed by atoms with E-state index in [1.165, 1.54) is 0 Å². The minimum absolute atomic E-state index is 0.450. The van der Waals surface area contributed by atoms with Crippen molar-refractivity contribution >= 4 is 34.2 Å². The number of aromatic nitrogens is 3. The van der Waals surface area contributed by atoms with E-state index >= 15 is 0 Å². The average molecular weight is 350 g/mol. The first-order valence-electron chi connectivity index (χ1n) is 4.56. The Balaban J connectivity index is 2.30. The van der Waals surface area contributed by atoms with Gasteiger partial charge >= 0.3 is 6.01 Å². The molecule has 0 aliphatic heterocycles. The van der Waals surface area contributed by atoms with Crippen molar-refractivity contribution in [2.75, 3.05) is 0 Å². The van der Waals surface area contributed by atoms with E-state index in [0.717, 1.165) is 5.56 Å². The summed E-state index contributed by atoms with van der Waals surface area (Å²) in [5.74, 6) is 0.664. The standard InChI is InChI=1S/C10H9ClIN3O/c1-6-3-7(11)5-8(4-6)16-10-13-9(12)14-15(10)2/h3-5H,1-2H3. The summed E-state index contributed by atoms with van der Waals surface area (Å²) in [7, 11) is 1.78. The smallest absolute Gasteiger partial charge is 0.321 e. The van der Waals surface area contributed by atoms with Crippen LogP contribution in [0.25, 0.3) is 0 Å². The van der Waals surface area contributed by atoms with Gasteiger partial charge < -0.3 is 4.74 Å². The van der Waals surface area contributed by atoms with E-state index in [4.69, 9.17) is 16.3 Å². The van der Waals surface area contributed by atoms with Crippen LogP contribution in [0.1, 0.15) is 5.56 Å². The Hall–Kier alpha value is -0.820. The first-order valence-corrected chi connectivity index (χ1v) is 6.02. The molecule has 0 amide bonds. The van der Waals surface area contributed by atoms with Crippen LogP contribution in [0.3, 0.4) is 0 Å². The van der Waals surface area contributed by atoms with Crippen molar-refractivity contribution in [3.05, 3.63) is 32.6 Å². The molecule has 1 aromatic carbocycles. The second-order valence-corrected chi connectivity index (χ2v) is 4.75. The van der Waals surface area contributed by atoms with Crippen molar-refractivity contribution in [1.82, 2.24) is 14.8 Å². The van der Waals surface area contributed by atoms with Crippen molar-refractivity contribution < 1.29 is 4.74 Å². The number of halogens is 2. The van der Waals surface area contributed by atoms with Crippen LogP contribution in [0.5, 0.6) is 11.8 Å². The minimum atomic E-state index is 0.450. The predicted molar refractivity (Wildman–Crippen MR) is 70.0 cm³/mol. The van der Waals surface area contributed by atoms with Crippen LogP contribution >= 0.6 is 34.2 Å². The lowest BCUT2D eigenvalue weighted by Crippen LogP contribution is -1.96. The van der Waals surface area contributed by atoms with Gasteiger partial charge in [-0.1, -0.05) is 11.6 Å². The molecule has 1 heterocycles. The zero-order chi connectivity index (χ0) is 11.7. The largest absolute Gasteiger partial charge is 0.424 e. The fourth-order valence-corrected chi connectivity index (χ4v) is 2.11. The highest BCUT2D eigenvalue weighted by atomic mass is 127. The highest BCUT2D eigenvalue weighted by Gasteiger charge is 2.07. The molecule has 1 aromatic heterocycles. The lowest BCUT2D eigenvalue weighted by atomic mass is 10.2. The molecule has 6 heteroatoms. The Morgan fingerprint density at radius 2 is 2.12 bits per heavy atom. The third-order valence-electron chi connectivity index (χ3n) is 1.92. The Bertz CT molecular complexity index is 507. The van der Waals surface area contributed by atoms with E-state index in [-0.39, 0.29) is 0 Å². The lowest BCUT2D eigenvalue weighted by Gasteiger charge is -2.05. The molecule has 2 aromatic rings. The summed E-state index contributed by atoms with van der Waals surface area (Å²) in [6, 6.07) is 5.96. The molecule has 0 atom stereocenters. The van der Waals surface area contributed by atoms with Gasteiger partial charge in [0.1, 0.15) is 5.75 Å². The molecule has 0 unspecified atom stereocenters. The molecule has 0 aliphatic carbocycles. The Morgan fingerprint density at radius 1 is 1.38 bits per heavy atom. The molecule has 4 nitrogen and oxygen atoms in total. The Kier molecular flexibility index (Phi) is 3.34. The molecule has 0 fully saturated rings. The molecular weight excluding hydrogens is 340 g/mol. The summed E-state index contributed by atoms with van der Waals surface area (Å²) in [6.45, 7) is 1.96. The zero-order valence-corrected chi connectivity index (χ0v) is 11.7. The van der Waals surface area contributed by atoms with Crippen molar-refractivity contribution in [2.24, 2.45) is 7.05 Å². The molecule has 0 saturated heterocycles. The maximum Gasteiger partial charge on any atom is 0.321 e. The van der Waals surface area contributed by atoms with Gasteiger partial charge in [0.2, 0.25) is 3.83 Å². The lowest BCUT2D eigenvalue weighted by molar-refractivity contribution is 0.414. The number of nitrogens with zero attached hydrogens (tertiary/aromatic N) is 3. The molecule has 2 rings (SSSR count). The fraction of sp³-hybridized carbons (Fsp3) is 0.200. The van der Waals surface area contributed by atoms with Gasteiger partial charge in [-0.15, -0.1) is 5.10 Å². The summed E-state index contributed by atoms with van der Waals surface area (Å²) in [4.78, 5) is 4.14. The van der Waals surface area contributed by atoms with Gasteiger partial charge in [-0.25, -0.2) is 4.68 Å². The average Bonchev–Trinajstić information content (AvgIpc) is 2.43. The van der Waals surface area contributed by atoms with E-state index in [2.05, 4.69) is 10.1 Å². The van der Waals surface area contributed by atoms with Crippen LogP contribution in [0.2, 0.25) is 5.02 Å². The first-order chi connectivity index (χ1) is 7.54. The van der Waals surface area contributed by atoms with E-state index in [0.29, 0.717) is 20.6 Å². The van der Waals surface area contributed by atoms with Crippen molar-refractivity contribution in [3.8, 4) is 11.8 Å². The van der Waals surface area contributed by atoms with Gasteiger partial charge in [-0.05, 0) is 30.7 Å². The second-order valence-electron chi connectivity index (χ2n) is 3.35. The molecule has 0 aliphatic rings. The zero-order valence-electron chi connectivity index (χ0n) is 8.74. The SMILES string of the molecule is Cc1cc(Cl)cc(Oc2nc(I)nn2C)c1. The molecule has 0 radical (unpaired) electrons. The Morgan fingerprint density at radius 3 is 2.69 bits per heavy atom. The predicted octanol–water partition coefficient (Wildman–Crippen LogP) is 3.17. The molecule has 0 spiro atoms. The van der Waals surface area contributed by atoms with E-state index < -0.39 is 0 Å². The van der Waals surface area contributed by atoms with Crippen molar-refractivity contribution in [3.63, 3.8) is 0 Å². The van der Waals surface area contributed by atoms with Crippen LogP contribution < -0.4 is 4.74 Å². The summed E-state index contributed by atoms with van der Waals surface area (Å²) in [6.07, 6.45) is 0. The molecule has 84 valence electrons. The number of aryl methyl sites for hydroxylation is 2. The normalized spacial score (nSPS) is 10.5. The summed E-state index contributed by atoms with van der Waals surface area (Å²) in [5, 5.41) is 4.73. The number of rotatable bonds is 2. The van der Waals surface area contributed by atoms with E-state index in [9.17, 15) is 0 Å². The monoisotopic (exact) mass is 349 g/mol. The summed E-state index contributed by atoms with van der Waals surface area (Å²) >= 11 is 7.97. The molecule has 0 saturated carbocycles. The topological polar surface area (TPSA) is 39.9 Å². The summed E-state index contributed by atoms with van der Waals surface area (Å²) in [5.41, 5.74) is 1.04. The highest BCUT2D eigenvalue weighted by molar-refractivity contribution is 14.1. The van der Waals surface area contributed by atoms with Crippen molar-refractivity contribution in [1.29, 1.82) is 0 Å². The minimum Gasteiger partial charge on any atom is -0.424 e. The quantitative estimate of drug-likeness (QED) is 0.782. The van der Waals surface area contributed by atoms with Crippen LogP contribution in [-0.2, 0) is 7.05 Å². The maximum atomic E-state index is 5.94. The van der Waals surface area contributed by atoms with Crippen LogP contribution in [0, 0.1) is 10.8 Å². The van der Waals surface area contributed by atoms with Crippen LogP contribution in [-0.4, -0.2) is 14.8 Å². The van der Waals surface area contributed by atoms with Gasteiger partial charge in [0, 0.05) is 34.7 Å². The number of hydrogen-bond acceptors (Lipinski definition) is 3. The molecule has 0 N–H and O–H groups in total. The van der Waals surface area contributed by atoms with Crippen LogP contribution in [0.15, 0.2) is 18.2 Å². The van der Waals surface area contributed by atoms with Crippen molar-refractivity contribution in [2.45, 2.75) is 6.92 Å². The number of ether oxygens (including phenoxy) is 1. The van der Waals surface area contributed by atoms with Gasteiger partial charge in [-0.2, -0.15) is 4.98 Å². The van der Waals surface area contributed by atoms with Gasteiger partial charge in [0.25, 0.3) is 0 Å². The summed E-state index contributed by atoms with van der Waals surface area (Å²) < 4.78 is 7.82. The van der Waals surface area contributed by atoms with Gasteiger partial charge in [0.05, 0.1) is 0 Å².